The van der Waals surface area contributed by atoms with Crippen molar-refractivity contribution in [2.75, 3.05) is 45.8 Å². The van der Waals surface area contributed by atoms with Crippen LogP contribution in [0.25, 0.3) is 0 Å². The van der Waals surface area contributed by atoms with Gasteiger partial charge < -0.3 is 37.2 Å². The minimum Gasteiger partial charge on any atom is -0.310 e. The standard InChI is InChI=1S/C17H29N.2C16H27N.C16H23N.C15H22F3N.2C15H25N/c1-8-18-16(11-17(5,6)7)15-10-13(3)12(2)9-14(15)4;1-7-17-15(11-16(4,5)6)14-9-8-12(2)13(3)10-14;1-7-17-15(11-16(4,5)6)14-9-8-12(2)10-13(14)3;1-6-13-8-10-14(11-9-13)15(17-7-2)12-16(3,4)5;1-5-19-13(10-14(2,3)4)11-7-6-8-12(9-11)15(16,17)18;1-6-16-14(11-15(3,4)5)13-9-7-8-12(2)10-13;1-6-16-14(11-15(3,4)5)13-10-8-7-9-12(13)2/h9-10,16,18H,8,11H2,1-7H3;2*8-10,15,17H,7,11H2,1-6H3;1,8-11,15,17H,7,12H2,2-5H3;6-9,13,19H,5,10H2,1-4H3;2*7-10,14,16H,6,11H2,1-5H3. The average Bonchev–Trinajstić information content (AvgIpc) is 0.891. The Morgan fingerprint density at radius 3 is 0.925 bits per heavy atom. The molecule has 0 radical (unpaired) electrons. The number of hydrogen-bond acceptors (Lipinski definition) is 7. The van der Waals surface area contributed by atoms with E-state index < -0.39 is 11.7 Å². The summed E-state index contributed by atoms with van der Waals surface area (Å²) in [6, 6.07) is 52.4. The summed E-state index contributed by atoms with van der Waals surface area (Å²) in [6.45, 7) is 89.2. The van der Waals surface area contributed by atoms with E-state index in [-0.39, 0.29) is 11.5 Å². The molecule has 674 valence electrons. The van der Waals surface area contributed by atoms with Gasteiger partial charge in [-0.2, -0.15) is 13.2 Å². The Morgan fingerprint density at radius 2 is 0.567 bits per heavy atom. The summed E-state index contributed by atoms with van der Waals surface area (Å²) in [5.41, 5.74) is 24.2. The quantitative estimate of drug-likeness (QED) is 0.0246. The third-order valence-electron chi connectivity index (χ3n) is 21.0. The molecule has 0 aliphatic rings. The maximum Gasteiger partial charge on any atom is 0.416 e. The third-order valence-corrected chi connectivity index (χ3v) is 21.0. The number of hydrogen-bond donors (Lipinski definition) is 7. The summed E-state index contributed by atoms with van der Waals surface area (Å²) in [4.78, 5) is 0. The van der Waals surface area contributed by atoms with Crippen molar-refractivity contribution in [3.8, 4) is 12.3 Å². The predicted molar refractivity (Wildman–Crippen MR) is 524 cm³/mol. The molecule has 0 saturated carbocycles. The van der Waals surface area contributed by atoms with Crippen LogP contribution in [-0.2, 0) is 6.18 Å². The molecule has 0 aliphatic carbocycles. The molecule has 0 fully saturated rings. The Hall–Kier alpha value is -6.39. The summed E-state index contributed by atoms with van der Waals surface area (Å²) in [5.74, 6) is 2.65. The Bertz CT molecular complexity index is 4010. The lowest BCUT2D eigenvalue weighted by Crippen LogP contribution is -2.26. The Kier molecular flexibility index (Phi) is 49.3. The Labute approximate surface area is 737 Å². The van der Waals surface area contributed by atoms with Gasteiger partial charge in [0.05, 0.1) is 5.56 Å². The summed E-state index contributed by atoms with van der Waals surface area (Å²) in [5, 5.41) is 24.8. The van der Waals surface area contributed by atoms with Crippen LogP contribution in [0.15, 0.2) is 146 Å². The largest absolute Gasteiger partial charge is 0.416 e. The monoisotopic (exact) mass is 1650 g/mol. The van der Waals surface area contributed by atoms with E-state index in [9.17, 15) is 13.2 Å². The molecule has 0 heterocycles. The molecule has 0 aliphatic heterocycles. The lowest BCUT2D eigenvalue weighted by atomic mass is 9.83. The summed E-state index contributed by atoms with van der Waals surface area (Å²) >= 11 is 0. The van der Waals surface area contributed by atoms with Crippen LogP contribution in [0.4, 0.5) is 13.2 Å². The van der Waals surface area contributed by atoms with Crippen LogP contribution in [0.1, 0.15) is 381 Å². The molecule has 7 aromatic rings. The molecule has 0 amide bonds. The second-order valence-corrected chi connectivity index (χ2v) is 42.3. The maximum atomic E-state index is 12.7. The zero-order chi connectivity index (χ0) is 92.0. The van der Waals surface area contributed by atoms with E-state index in [2.05, 4.69) is 402 Å². The van der Waals surface area contributed by atoms with Gasteiger partial charge >= 0.3 is 6.18 Å². The van der Waals surface area contributed by atoms with Gasteiger partial charge in [0.1, 0.15) is 0 Å². The molecule has 7 nitrogen and oxygen atoms in total. The van der Waals surface area contributed by atoms with Crippen LogP contribution in [0.2, 0.25) is 0 Å². The second kappa shape index (κ2) is 53.1. The van der Waals surface area contributed by atoms with E-state index in [0.717, 1.165) is 70.3 Å². The van der Waals surface area contributed by atoms with Crippen LogP contribution < -0.4 is 37.2 Å². The topological polar surface area (TPSA) is 84.2 Å². The van der Waals surface area contributed by atoms with Crippen molar-refractivity contribution in [2.24, 2.45) is 37.9 Å². The van der Waals surface area contributed by atoms with Gasteiger partial charge in [-0.05, 0) is 293 Å². The molecular formula is C110H178F3N7. The van der Waals surface area contributed by atoms with E-state index in [1.54, 1.807) is 6.07 Å². The number of aryl methyl sites for hydroxylation is 9. The maximum absolute atomic E-state index is 12.7. The number of halogens is 3. The van der Waals surface area contributed by atoms with Gasteiger partial charge in [-0.3, -0.25) is 0 Å². The molecule has 10 heteroatoms. The van der Waals surface area contributed by atoms with Crippen molar-refractivity contribution in [1.82, 2.24) is 37.2 Å². The molecule has 7 N–H and O–H groups in total. The minimum absolute atomic E-state index is 0.0488. The smallest absolute Gasteiger partial charge is 0.310 e. The van der Waals surface area contributed by atoms with Crippen LogP contribution in [0.3, 0.4) is 0 Å². The van der Waals surface area contributed by atoms with Crippen LogP contribution >= 0.6 is 0 Å². The molecule has 7 unspecified atom stereocenters. The summed E-state index contributed by atoms with van der Waals surface area (Å²) in [7, 11) is 0. The van der Waals surface area contributed by atoms with Crippen molar-refractivity contribution < 1.29 is 13.2 Å². The second-order valence-electron chi connectivity index (χ2n) is 42.3. The van der Waals surface area contributed by atoms with E-state index in [4.69, 9.17) is 6.42 Å². The lowest BCUT2D eigenvalue weighted by molar-refractivity contribution is -0.137. The van der Waals surface area contributed by atoms with Gasteiger partial charge in [0.25, 0.3) is 0 Å². The molecule has 120 heavy (non-hydrogen) atoms. The number of terminal acetylenes is 1. The number of benzene rings is 7. The van der Waals surface area contributed by atoms with Crippen molar-refractivity contribution in [1.29, 1.82) is 0 Å². The van der Waals surface area contributed by atoms with Crippen molar-refractivity contribution in [3.05, 3.63) is 246 Å². The first kappa shape index (κ1) is 112. The highest BCUT2D eigenvalue weighted by Crippen LogP contribution is 2.39. The van der Waals surface area contributed by atoms with E-state index >= 15 is 0 Å². The zero-order valence-electron chi connectivity index (χ0n) is 83.5. The van der Waals surface area contributed by atoms with E-state index in [1.165, 1.54) is 128 Å². The first-order chi connectivity index (χ1) is 55.4. The van der Waals surface area contributed by atoms with Crippen molar-refractivity contribution in [2.45, 2.75) is 350 Å². The van der Waals surface area contributed by atoms with Gasteiger partial charge in [-0.15, -0.1) is 6.42 Å². The first-order valence-electron chi connectivity index (χ1n) is 45.6. The highest BCUT2D eigenvalue weighted by atomic mass is 19.4. The fraction of sp³-hybridized carbons (Fsp3) is 0.600. The van der Waals surface area contributed by atoms with E-state index in [1.807, 2.05) is 19.1 Å². The molecule has 0 bridgehead atoms. The highest BCUT2D eigenvalue weighted by molar-refractivity contribution is 5.40. The third kappa shape index (κ3) is 48.0. The fourth-order valence-corrected chi connectivity index (χ4v) is 15.3. The minimum atomic E-state index is -4.28. The van der Waals surface area contributed by atoms with Gasteiger partial charge in [-0.1, -0.05) is 332 Å². The molecule has 7 rings (SSSR count). The van der Waals surface area contributed by atoms with Gasteiger partial charge in [-0.25, -0.2) is 0 Å². The van der Waals surface area contributed by atoms with Gasteiger partial charge in [0, 0.05) is 47.9 Å². The van der Waals surface area contributed by atoms with Crippen molar-refractivity contribution in [3.63, 3.8) is 0 Å². The molecule has 0 saturated heterocycles. The number of alkyl halides is 3. The first-order valence-corrected chi connectivity index (χ1v) is 45.6. The van der Waals surface area contributed by atoms with Crippen molar-refractivity contribution >= 4 is 0 Å². The Morgan fingerprint density at radius 1 is 0.258 bits per heavy atom. The Balaban J connectivity index is 0.000000700. The zero-order valence-corrected chi connectivity index (χ0v) is 83.5. The molecule has 0 spiro atoms. The van der Waals surface area contributed by atoms with Crippen LogP contribution in [-0.4, -0.2) is 45.8 Å². The molecule has 7 atom stereocenters. The van der Waals surface area contributed by atoms with E-state index in [0.29, 0.717) is 74.3 Å². The summed E-state index contributed by atoms with van der Waals surface area (Å²) < 4.78 is 38.2. The average molecular weight is 1660 g/mol. The van der Waals surface area contributed by atoms with Gasteiger partial charge in [0.15, 0.2) is 0 Å². The van der Waals surface area contributed by atoms with Gasteiger partial charge in [0.2, 0.25) is 0 Å². The molecule has 0 aromatic heterocycles. The lowest BCUT2D eigenvalue weighted by Gasteiger charge is -2.28. The van der Waals surface area contributed by atoms with Crippen LogP contribution in [0, 0.1) is 113 Å². The number of nitrogens with one attached hydrogen (secondary N) is 7. The van der Waals surface area contributed by atoms with Crippen LogP contribution in [0.5, 0.6) is 0 Å². The molecular weight excluding hydrogens is 1480 g/mol. The summed E-state index contributed by atoms with van der Waals surface area (Å²) in [6.07, 6.45) is 8.86. The number of rotatable bonds is 28. The predicted octanol–water partition coefficient (Wildman–Crippen LogP) is 30.2. The highest BCUT2D eigenvalue weighted by Gasteiger charge is 2.32. The normalized spacial score (nSPS) is 13.8. The fourth-order valence-electron chi connectivity index (χ4n) is 15.3. The SMILES string of the molecule is C#Cc1ccc(C(CC(C)(C)C)NCC)cc1.CCNC(CC(C)(C)C)c1cc(C)c(C)cc1C.CCNC(CC(C)(C)C)c1ccc(C)c(C)c1.CCNC(CC(C)(C)C)c1ccc(C)cc1C.CCNC(CC(C)(C)C)c1cccc(C(F)(F)F)c1.CCNC(CC(C)(C)C)c1cccc(C)c1.CCNC(CC(C)(C)C)c1ccccc1C. The molecule has 7 aromatic carbocycles.